The molecule has 1 aliphatic carbocycles. The fourth-order valence-corrected chi connectivity index (χ4v) is 10.6. The van der Waals surface area contributed by atoms with Gasteiger partial charge in [0.25, 0.3) is 5.91 Å². The molecule has 1 saturated heterocycles. The van der Waals surface area contributed by atoms with Crippen molar-refractivity contribution in [1.29, 1.82) is 0 Å². The van der Waals surface area contributed by atoms with E-state index in [2.05, 4.69) is 47.3 Å². The van der Waals surface area contributed by atoms with E-state index in [0.717, 1.165) is 23.7 Å². The molecule has 3 aromatic carbocycles. The van der Waals surface area contributed by atoms with Crippen molar-refractivity contribution >= 4 is 27.7 Å². The maximum atomic E-state index is 16.1. The topological polar surface area (TPSA) is 156 Å². The van der Waals surface area contributed by atoms with Crippen molar-refractivity contribution in [2.75, 3.05) is 13.2 Å². The molecule has 2 aliphatic heterocycles. The van der Waals surface area contributed by atoms with Gasteiger partial charge in [0.2, 0.25) is 0 Å². The number of hydrogen-bond donors (Lipinski definition) is 1. The predicted molar refractivity (Wildman–Crippen MR) is 233 cm³/mol. The van der Waals surface area contributed by atoms with Gasteiger partial charge in [-0.15, -0.1) is 0 Å². The van der Waals surface area contributed by atoms with Crippen molar-refractivity contribution in [3.05, 3.63) is 139 Å². The molecule has 2 fully saturated rings. The smallest absolute Gasteiger partial charge is 0.378 e. The number of halogens is 2. The average molecular weight is 869 g/mol. The maximum Gasteiger partial charge on any atom is 0.438 e. The number of amides is 1. The molecule has 328 valence electrons. The van der Waals surface area contributed by atoms with Crippen molar-refractivity contribution in [3.63, 3.8) is 0 Å². The number of aromatic amines is 1. The number of rotatable bonds is 7. The highest BCUT2D eigenvalue weighted by atomic mass is 19.1. The quantitative estimate of drug-likeness (QED) is 0.179. The number of fused-ring (bicyclic) bond motifs is 3. The maximum absolute atomic E-state index is 16.1. The Balaban J connectivity index is 1.06. The van der Waals surface area contributed by atoms with Crippen LogP contribution >= 0.6 is 0 Å². The molecule has 0 spiro atoms. The second-order valence-electron chi connectivity index (χ2n) is 17.9. The monoisotopic (exact) mass is 868 g/mol. The number of carbonyl (C=O) groups excluding carboxylic acids is 1. The SMILES string of the molecule is Cc1cc(-n2nc3c(c2-n2ccn(-c4ccc5c(cnn5C)c4F)c2=O)[C@H](C)N(C(=O)c2cc4cc(C5CCOC(C)C5)ccc4n2[C@@]2(c4noc(=O)[nH]4)C[C@@H]2C)CC3)cc(C)c1F. The normalized spacial score (nSPS) is 22.2. The average Bonchev–Trinajstić information content (AvgIpc) is 3.91. The second-order valence-corrected chi connectivity index (χ2v) is 17.9. The Morgan fingerprint density at radius 1 is 0.953 bits per heavy atom. The summed E-state index contributed by atoms with van der Waals surface area (Å²) in [5, 5.41) is 14.6. The van der Waals surface area contributed by atoms with Gasteiger partial charge in [-0.3, -0.25) is 28.1 Å². The molecule has 1 saturated carbocycles. The minimum absolute atomic E-state index is 0.00359. The Bertz CT molecular complexity index is 3320. The number of nitrogens with one attached hydrogen (secondary N) is 1. The van der Waals surface area contributed by atoms with Crippen LogP contribution in [0.4, 0.5) is 8.78 Å². The van der Waals surface area contributed by atoms with Crippen LogP contribution in [-0.2, 0) is 23.7 Å². The summed E-state index contributed by atoms with van der Waals surface area (Å²) in [5.41, 5.74) is 4.21. The van der Waals surface area contributed by atoms with Crippen molar-refractivity contribution in [2.45, 2.75) is 83.9 Å². The zero-order valence-corrected chi connectivity index (χ0v) is 36.2. The number of H-pyrrole nitrogens is 1. The molecule has 15 nitrogen and oxygen atoms in total. The first-order valence-electron chi connectivity index (χ1n) is 21.7. The van der Waals surface area contributed by atoms with Gasteiger partial charge in [-0.05, 0) is 118 Å². The minimum atomic E-state index is -0.851. The summed E-state index contributed by atoms with van der Waals surface area (Å²) in [5.74, 6) is -0.880. The molecule has 1 N–H and O–H groups in total. The third-order valence-corrected chi connectivity index (χ3v) is 14.0. The van der Waals surface area contributed by atoms with Gasteiger partial charge in [0.1, 0.15) is 22.9 Å². The lowest BCUT2D eigenvalue weighted by Gasteiger charge is -2.34. The Hall–Kier alpha value is -6.88. The Kier molecular flexibility index (Phi) is 8.93. The number of imidazole rings is 1. The summed E-state index contributed by atoms with van der Waals surface area (Å²) in [6, 6.07) is 14.3. The molecule has 5 atom stereocenters. The number of carbonyl (C=O) groups is 1. The van der Waals surface area contributed by atoms with Gasteiger partial charge >= 0.3 is 11.4 Å². The van der Waals surface area contributed by atoms with E-state index in [1.54, 1.807) is 65.6 Å². The first-order valence-corrected chi connectivity index (χ1v) is 21.7. The summed E-state index contributed by atoms with van der Waals surface area (Å²) in [6.07, 6.45) is 7.37. The van der Waals surface area contributed by atoms with E-state index < -0.39 is 28.8 Å². The van der Waals surface area contributed by atoms with E-state index >= 15 is 13.6 Å². The van der Waals surface area contributed by atoms with Gasteiger partial charge in [-0.2, -0.15) is 10.2 Å². The number of aromatic nitrogens is 9. The van der Waals surface area contributed by atoms with Gasteiger partial charge < -0.3 is 14.2 Å². The molecule has 7 heterocycles. The number of nitrogens with zero attached hydrogens (tertiary/aromatic N) is 9. The molecular weight excluding hydrogens is 823 g/mol. The summed E-state index contributed by atoms with van der Waals surface area (Å²) in [6.45, 7) is 10.4. The van der Waals surface area contributed by atoms with Gasteiger partial charge in [-0.1, -0.05) is 18.1 Å². The molecule has 64 heavy (non-hydrogen) atoms. The van der Waals surface area contributed by atoms with Crippen molar-refractivity contribution in [2.24, 2.45) is 13.0 Å². The number of benzene rings is 3. The van der Waals surface area contributed by atoms with Crippen LogP contribution in [0.25, 0.3) is 39.0 Å². The lowest BCUT2D eigenvalue weighted by Crippen LogP contribution is -2.41. The molecule has 1 amide bonds. The zero-order chi connectivity index (χ0) is 44.5. The van der Waals surface area contributed by atoms with Crippen LogP contribution in [0.2, 0.25) is 0 Å². The largest absolute Gasteiger partial charge is 0.438 e. The molecule has 2 unspecified atom stereocenters. The van der Waals surface area contributed by atoms with E-state index in [9.17, 15) is 9.59 Å². The lowest BCUT2D eigenvalue weighted by atomic mass is 9.88. The third-order valence-electron chi connectivity index (χ3n) is 14.0. The second kappa shape index (κ2) is 14.3. The van der Waals surface area contributed by atoms with E-state index in [1.807, 2.05) is 17.6 Å². The standard InChI is InChI=1S/C47H46F2N10O5/c1-24-17-32(18-25(2)40(24)48)59-42(57-15-14-56(46(57)62)37-10-9-36-33(41(37)49)23-50-54(36)6)39-28(5)55(13-11-34(39)52-59)43(60)38-21-31-20-29(30-12-16-63-27(4)19-30)7-8-35(31)58(38)47(22-26(47)3)44-51-45(61)64-53-44/h7-10,14-15,17-18,20-21,23,26-28,30H,11-13,16,19,22H2,1-6H3,(H,51,53,61)/t26-,27?,28-,30?,47-/m0/s1. The van der Waals surface area contributed by atoms with Crippen molar-refractivity contribution in [3.8, 4) is 17.2 Å². The van der Waals surface area contributed by atoms with Crippen molar-refractivity contribution in [1.82, 2.24) is 48.3 Å². The van der Waals surface area contributed by atoms with Crippen LogP contribution in [0, 0.1) is 31.4 Å². The number of hydrogen-bond acceptors (Lipinski definition) is 8. The fourth-order valence-electron chi connectivity index (χ4n) is 10.6. The van der Waals surface area contributed by atoms with E-state index in [4.69, 9.17) is 14.4 Å². The van der Waals surface area contributed by atoms with Crippen LogP contribution in [0.1, 0.15) is 96.3 Å². The summed E-state index contributed by atoms with van der Waals surface area (Å²) in [7, 11) is 1.72. The Morgan fingerprint density at radius 3 is 2.42 bits per heavy atom. The van der Waals surface area contributed by atoms with Gasteiger partial charge in [-0.25, -0.2) is 23.1 Å². The van der Waals surface area contributed by atoms with Crippen LogP contribution in [-0.4, -0.2) is 73.5 Å². The van der Waals surface area contributed by atoms with Gasteiger partial charge in [0.15, 0.2) is 11.6 Å². The number of aryl methyl sites for hydroxylation is 3. The molecule has 8 aromatic rings. The van der Waals surface area contributed by atoms with Gasteiger partial charge in [0, 0.05) is 55.5 Å². The highest BCUT2D eigenvalue weighted by Gasteiger charge is 2.59. The molecule has 0 radical (unpaired) electrons. The highest BCUT2D eigenvalue weighted by molar-refractivity contribution is 6.00. The predicted octanol–water partition coefficient (Wildman–Crippen LogP) is 7.05. The molecule has 11 rings (SSSR count). The van der Waals surface area contributed by atoms with Crippen LogP contribution in [0.5, 0.6) is 0 Å². The van der Waals surface area contributed by atoms with Crippen LogP contribution in [0.15, 0.2) is 81.2 Å². The fraction of sp³-hybridized carbons (Fsp3) is 0.362. The molecular formula is C47H46F2N10O5. The zero-order valence-electron chi connectivity index (χ0n) is 36.2. The summed E-state index contributed by atoms with van der Waals surface area (Å²) in [4.78, 5) is 47.1. The lowest BCUT2D eigenvalue weighted by molar-refractivity contribution is 0.0186. The van der Waals surface area contributed by atoms with E-state index in [0.29, 0.717) is 82.8 Å². The third kappa shape index (κ3) is 5.85. The molecule has 3 aliphatic rings. The number of ether oxygens (including phenoxy) is 1. The molecule has 0 bridgehead atoms. The Morgan fingerprint density at radius 2 is 1.70 bits per heavy atom. The summed E-state index contributed by atoms with van der Waals surface area (Å²) >= 11 is 0. The van der Waals surface area contributed by atoms with Crippen LogP contribution in [0.3, 0.4) is 0 Å². The van der Waals surface area contributed by atoms with Gasteiger partial charge in [0.05, 0.1) is 46.3 Å². The summed E-state index contributed by atoms with van der Waals surface area (Å²) < 4.78 is 50.0. The van der Waals surface area contributed by atoms with E-state index in [1.165, 1.54) is 27.1 Å². The van der Waals surface area contributed by atoms with E-state index in [-0.39, 0.29) is 34.8 Å². The Labute approximate surface area is 364 Å². The first kappa shape index (κ1) is 39.9. The molecule has 17 heteroatoms. The first-order chi connectivity index (χ1) is 30.7. The van der Waals surface area contributed by atoms with Crippen LogP contribution < -0.4 is 11.4 Å². The van der Waals surface area contributed by atoms with Crippen molar-refractivity contribution < 1.29 is 22.8 Å². The minimum Gasteiger partial charge on any atom is -0.378 e. The highest BCUT2D eigenvalue weighted by Crippen LogP contribution is 2.56. The molecule has 5 aromatic heterocycles.